The van der Waals surface area contributed by atoms with Crippen molar-refractivity contribution in [3.63, 3.8) is 0 Å². The van der Waals surface area contributed by atoms with E-state index in [4.69, 9.17) is 16.9 Å². The summed E-state index contributed by atoms with van der Waals surface area (Å²) in [5.74, 6) is 5.00. The summed E-state index contributed by atoms with van der Waals surface area (Å²) in [6, 6.07) is 15.9. The predicted molar refractivity (Wildman–Crippen MR) is 110 cm³/mol. The largest absolute Gasteiger partial charge is 0.369 e. The fourth-order valence-corrected chi connectivity index (χ4v) is 3.69. The molecule has 2 N–H and O–H groups in total. The molecule has 0 saturated heterocycles. The number of anilines is 1. The van der Waals surface area contributed by atoms with Gasteiger partial charge in [-0.3, -0.25) is 4.79 Å². The zero-order chi connectivity index (χ0) is 20.0. The lowest BCUT2D eigenvalue weighted by molar-refractivity contribution is -0.134. The third-order valence-electron chi connectivity index (χ3n) is 5.06. The first-order valence-corrected chi connectivity index (χ1v) is 9.72. The fraction of sp³-hybridized carbons (Fsp3) is 0.304. The van der Waals surface area contributed by atoms with E-state index in [9.17, 15) is 9.90 Å². The molecule has 0 heterocycles. The van der Waals surface area contributed by atoms with Crippen LogP contribution >= 0.6 is 11.6 Å². The van der Waals surface area contributed by atoms with Crippen LogP contribution < -0.4 is 5.32 Å². The Balaban J connectivity index is 1.89. The third-order valence-corrected chi connectivity index (χ3v) is 5.37. The summed E-state index contributed by atoms with van der Waals surface area (Å²) in [4.78, 5) is 13.0. The van der Waals surface area contributed by atoms with Gasteiger partial charge in [0.25, 0.3) is 5.91 Å². The molecular weight excluding hydrogens is 372 g/mol. The number of hydrogen-bond acceptors (Lipinski definition) is 3. The summed E-state index contributed by atoms with van der Waals surface area (Å²) >= 11 is 6.05. The molecule has 0 bridgehead atoms. The zero-order valence-electron chi connectivity index (χ0n) is 15.4. The van der Waals surface area contributed by atoms with Crippen molar-refractivity contribution in [3.8, 4) is 17.9 Å². The third kappa shape index (κ3) is 4.54. The van der Waals surface area contributed by atoms with Crippen LogP contribution in [0, 0.1) is 29.1 Å². The number of nitriles is 1. The van der Waals surface area contributed by atoms with E-state index in [1.807, 2.05) is 36.4 Å². The Labute approximate surface area is 170 Å². The molecule has 1 fully saturated rings. The van der Waals surface area contributed by atoms with Gasteiger partial charge < -0.3 is 10.4 Å². The lowest BCUT2D eigenvalue weighted by atomic mass is 9.76. The van der Waals surface area contributed by atoms with Gasteiger partial charge >= 0.3 is 0 Å². The predicted octanol–water partition coefficient (Wildman–Crippen LogP) is 4.51. The summed E-state index contributed by atoms with van der Waals surface area (Å²) in [6.07, 6.45) is 4.54. The molecule has 1 amide bonds. The number of benzene rings is 2. The van der Waals surface area contributed by atoms with E-state index in [-0.39, 0.29) is 10.9 Å². The monoisotopic (exact) mass is 392 g/mol. The van der Waals surface area contributed by atoms with Crippen LogP contribution in [-0.4, -0.2) is 16.6 Å². The van der Waals surface area contributed by atoms with Crippen LogP contribution in [0.5, 0.6) is 0 Å². The van der Waals surface area contributed by atoms with Crippen molar-refractivity contribution in [2.75, 3.05) is 5.32 Å². The van der Waals surface area contributed by atoms with Gasteiger partial charge in [0.2, 0.25) is 5.60 Å². The molecule has 2 aromatic carbocycles. The van der Waals surface area contributed by atoms with Crippen LogP contribution in [0.4, 0.5) is 5.69 Å². The number of nitrogens with one attached hydrogen (secondary N) is 1. The first kappa shape index (κ1) is 20.0. The number of rotatable bonds is 3. The average Bonchev–Trinajstić information content (AvgIpc) is 2.73. The minimum atomic E-state index is -1.80. The molecule has 142 valence electrons. The van der Waals surface area contributed by atoms with Gasteiger partial charge in [0.15, 0.2) is 0 Å². The molecule has 3 rings (SSSR count). The molecule has 1 aliphatic carbocycles. The maximum Gasteiger partial charge on any atom is 0.269 e. The highest BCUT2D eigenvalue weighted by Gasteiger charge is 2.43. The van der Waals surface area contributed by atoms with Crippen molar-refractivity contribution in [2.24, 2.45) is 5.92 Å². The Bertz CT molecular complexity index is 950. The first-order chi connectivity index (χ1) is 13.5. The molecule has 1 saturated carbocycles. The van der Waals surface area contributed by atoms with Gasteiger partial charge in [-0.05, 0) is 43.2 Å². The second kappa shape index (κ2) is 8.93. The second-order valence-corrected chi connectivity index (χ2v) is 7.39. The molecule has 1 aliphatic rings. The van der Waals surface area contributed by atoms with Gasteiger partial charge in [-0.1, -0.05) is 60.9 Å². The highest BCUT2D eigenvalue weighted by Crippen LogP contribution is 2.34. The lowest BCUT2D eigenvalue weighted by Crippen LogP contribution is -2.48. The maximum atomic E-state index is 13.0. The molecule has 5 heteroatoms. The standard InChI is InChI=1S/C23H21ClN2O2/c24-21-15-20(12-11-18(21)16-25)26-22(27)23(28,19-9-5-2-6-10-19)14-13-17-7-3-1-4-8-17/h1,3-4,7-8,11-12,15,19,28H,2,5-6,9-10H2,(H,26,27)/t23-/m1/s1. The van der Waals surface area contributed by atoms with Crippen LogP contribution in [0.25, 0.3) is 0 Å². The van der Waals surface area contributed by atoms with Crippen LogP contribution in [0.15, 0.2) is 48.5 Å². The van der Waals surface area contributed by atoms with E-state index in [0.29, 0.717) is 11.3 Å². The molecule has 1 atom stereocenters. The number of hydrogen-bond donors (Lipinski definition) is 2. The smallest absolute Gasteiger partial charge is 0.269 e. The summed E-state index contributed by atoms with van der Waals surface area (Å²) < 4.78 is 0. The summed E-state index contributed by atoms with van der Waals surface area (Å²) in [7, 11) is 0. The number of carbonyl (C=O) groups is 1. The molecule has 4 nitrogen and oxygen atoms in total. The van der Waals surface area contributed by atoms with Crippen molar-refractivity contribution in [1.82, 2.24) is 0 Å². The highest BCUT2D eigenvalue weighted by atomic mass is 35.5. The molecule has 0 spiro atoms. The summed E-state index contributed by atoms with van der Waals surface area (Å²) in [5, 5.41) is 23.3. The molecule has 0 aliphatic heterocycles. The van der Waals surface area contributed by atoms with E-state index in [2.05, 4.69) is 17.2 Å². The number of aliphatic hydroxyl groups is 1. The molecule has 0 aromatic heterocycles. The molecule has 0 unspecified atom stereocenters. The fourth-order valence-electron chi connectivity index (χ4n) is 3.46. The Morgan fingerprint density at radius 1 is 1.14 bits per heavy atom. The Kier molecular flexibility index (Phi) is 6.37. The lowest BCUT2D eigenvalue weighted by Gasteiger charge is -2.33. The van der Waals surface area contributed by atoms with Crippen molar-refractivity contribution in [1.29, 1.82) is 5.26 Å². The van der Waals surface area contributed by atoms with Gasteiger partial charge in [0.1, 0.15) is 6.07 Å². The first-order valence-electron chi connectivity index (χ1n) is 9.34. The van der Waals surface area contributed by atoms with Gasteiger partial charge in [-0.2, -0.15) is 5.26 Å². The van der Waals surface area contributed by atoms with Gasteiger partial charge in [-0.25, -0.2) is 0 Å². The SMILES string of the molecule is N#Cc1ccc(NC(=O)[C@@](O)(C#Cc2ccccc2)C2CCCCC2)cc1Cl. The molecule has 28 heavy (non-hydrogen) atoms. The second-order valence-electron chi connectivity index (χ2n) is 6.98. The Morgan fingerprint density at radius 2 is 1.86 bits per heavy atom. The summed E-state index contributed by atoms with van der Waals surface area (Å²) in [6.45, 7) is 0. The topological polar surface area (TPSA) is 73.1 Å². The van der Waals surface area contributed by atoms with E-state index in [1.165, 1.54) is 12.1 Å². The van der Waals surface area contributed by atoms with Gasteiger partial charge in [-0.15, -0.1) is 0 Å². The molecule has 0 radical (unpaired) electrons. The van der Waals surface area contributed by atoms with Crippen LogP contribution in [0.3, 0.4) is 0 Å². The van der Waals surface area contributed by atoms with E-state index in [0.717, 1.165) is 37.7 Å². The van der Waals surface area contributed by atoms with Gasteiger partial charge in [0, 0.05) is 17.2 Å². The van der Waals surface area contributed by atoms with E-state index < -0.39 is 11.5 Å². The molecular formula is C23H21ClN2O2. The zero-order valence-corrected chi connectivity index (χ0v) is 16.2. The summed E-state index contributed by atoms with van der Waals surface area (Å²) in [5.41, 5.74) is -0.307. The van der Waals surface area contributed by atoms with Crippen LogP contribution in [0.2, 0.25) is 5.02 Å². The minimum absolute atomic E-state index is 0.230. The van der Waals surface area contributed by atoms with Crippen molar-refractivity contribution in [2.45, 2.75) is 37.7 Å². The highest BCUT2D eigenvalue weighted by molar-refractivity contribution is 6.32. The number of halogens is 1. The van der Waals surface area contributed by atoms with Crippen molar-refractivity contribution >= 4 is 23.2 Å². The van der Waals surface area contributed by atoms with Crippen LogP contribution in [-0.2, 0) is 4.79 Å². The number of nitrogens with zero attached hydrogens (tertiary/aromatic N) is 1. The Hall–Kier alpha value is -2.79. The number of amides is 1. The molecule has 2 aromatic rings. The average molecular weight is 393 g/mol. The quantitative estimate of drug-likeness (QED) is 0.754. The van der Waals surface area contributed by atoms with E-state index in [1.54, 1.807) is 6.07 Å². The normalized spacial score (nSPS) is 16.2. The minimum Gasteiger partial charge on any atom is -0.369 e. The van der Waals surface area contributed by atoms with Crippen LogP contribution in [0.1, 0.15) is 43.2 Å². The van der Waals surface area contributed by atoms with Gasteiger partial charge in [0.05, 0.1) is 10.6 Å². The maximum absolute atomic E-state index is 13.0. The van der Waals surface area contributed by atoms with E-state index >= 15 is 0 Å². The van der Waals surface area contributed by atoms with Crippen molar-refractivity contribution in [3.05, 3.63) is 64.7 Å². The van der Waals surface area contributed by atoms with Crippen molar-refractivity contribution < 1.29 is 9.90 Å². The Morgan fingerprint density at radius 3 is 2.50 bits per heavy atom. The number of carbonyl (C=O) groups excluding carboxylic acids is 1.